The third-order valence-electron chi connectivity index (χ3n) is 4.83. The minimum atomic E-state index is -0.603. The van der Waals surface area contributed by atoms with Crippen LogP contribution in [0.3, 0.4) is 0 Å². The molecule has 0 amide bonds. The number of rotatable bonds is 5. The average Bonchev–Trinajstić information content (AvgIpc) is 2.78. The van der Waals surface area contributed by atoms with Crippen molar-refractivity contribution in [2.24, 2.45) is 0 Å². The predicted octanol–water partition coefficient (Wildman–Crippen LogP) is 7.22. The van der Waals surface area contributed by atoms with Crippen molar-refractivity contribution >= 4 is 11.8 Å². The normalized spacial score (nSPS) is 10.1. The Morgan fingerprint density at radius 2 is 1.19 bits per heavy atom. The summed E-state index contributed by atoms with van der Waals surface area (Å²) in [6, 6.07) is 18.2. The third kappa shape index (κ3) is 6.74. The first kappa shape index (κ1) is 22.7. The van der Waals surface area contributed by atoms with Crippen LogP contribution in [0.4, 0.5) is 8.78 Å². The highest BCUT2D eigenvalue weighted by Crippen LogP contribution is 2.17. The Bertz CT molecular complexity index is 1120. The second-order valence-electron chi connectivity index (χ2n) is 7.20. The Labute approximate surface area is 188 Å². The van der Waals surface area contributed by atoms with Crippen LogP contribution in [-0.4, -0.2) is 6.26 Å². The third-order valence-corrected chi connectivity index (χ3v) is 5.57. The molecule has 0 aromatic heterocycles. The van der Waals surface area contributed by atoms with E-state index in [2.05, 4.69) is 30.6 Å². The topological polar surface area (TPSA) is 0 Å². The van der Waals surface area contributed by atoms with Crippen LogP contribution in [0.15, 0.2) is 65.6 Å². The molecule has 3 heteroatoms. The van der Waals surface area contributed by atoms with E-state index in [1.165, 1.54) is 17.0 Å². The van der Waals surface area contributed by atoms with Gasteiger partial charge in [-0.25, -0.2) is 8.78 Å². The van der Waals surface area contributed by atoms with Gasteiger partial charge in [0.2, 0.25) is 0 Å². The fourth-order valence-corrected chi connectivity index (χ4v) is 3.47. The van der Waals surface area contributed by atoms with Crippen molar-refractivity contribution in [3.63, 3.8) is 0 Å². The second kappa shape index (κ2) is 11.4. The fraction of sp³-hybridized carbons (Fsp3) is 0.214. The molecule has 0 saturated heterocycles. The number of halogens is 2. The van der Waals surface area contributed by atoms with Gasteiger partial charge in [0.25, 0.3) is 0 Å². The quantitative estimate of drug-likeness (QED) is 0.234. The van der Waals surface area contributed by atoms with E-state index >= 15 is 0 Å². The molecule has 0 saturated carbocycles. The van der Waals surface area contributed by atoms with E-state index in [1.54, 1.807) is 11.8 Å². The Balaban J connectivity index is 1.70. The second-order valence-corrected chi connectivity index (χ2v) is 8.08. The number of thioether (sulfide) groups is 1. The van der Waals surface area contributed by atoms with Gasteiger partial charge in [-0.3, -0.25) is 0 Å². The summed E-state index contributed by atoms with van der Waals surface area (Å²) in [6.07, 6.45) is 5.77. The van der Waals surface area contributed by atoms with Crippen molar-refractivity contribution in [2.45, 2.75) is 37.5 Å². The van der Waals surface area contributed by atoms with Gasteiger partial charge in [0.15, 0.2) is 0 Å². The van der Waals surface area contributed by atoms with Crippen LogP contribution in [0, 0.1) is 35.3 Å². The Kier molecular flexibility index (Phi) is 8.34. The van der Waals surface area contributed by atoms with Gasteiger partial charge in [-0.15, -0.1) is 11.8 Å². The molecule has 0 nitrogen and oxygen atoms in total. The van der Waals surface area contributed by atoms with Crippen molar-refractivity contribution in [1.29, 1.82) is 0 Å². The van der Waals surface area contributed by atoms with E-state index in [1.807, 2.05) is 54.8 Å². The molecule has 0 aliphatic heterocycles. The molecule has 156 valence electrons. The molecule has 3 aromatic rings. The van der Waals surface area contributed by atoms with E-state index in [-0.39, 0.29) is 5.56 Å². The van der Waals surface area contributed by atoms with Gasteiger partial charge in [0.05, 0.1) is 5.56 Å². The lowest BCUT2D eigenvalue weighted by atomic mass is 10.0. The van der Waals surface area contributed by atoms with E-state index in [0.29, 0.717) is 17.5 Å². The largest absolute Gasteiger partial charge is 0.206 e. The predicted molar refractivity (Wildman–Crippen MR) is 126 cm³/mol. The molecule has 3 aromatic carbocycles. The summed E-state index contributed by atoms with van der Waals surface area (Å²) in [4.78, 5) is 1.20. The zero-order valence-electron chi connectivity index (χ0n) is 17.8. The maximum absolute atomic E-state index is 14.3. The summed E-state index contributed by atoms with van der Waals surface area (Å²) in [7, 11) is 0. The van der Waals surface area contributed by atoms with Crippen molar-refractivity contribution < 1.29 is 8.78 Å². The van der Waals surface area contributed by atoms with Gasteiger partial charge in [0, 0.05) is 21.6 Å². The highest BCUT2D eigenvalue weighted by atomic mass is 32.2. The van der Waals surface area contributed by atoms with Crippen LogP contribution in [0.25, 0.3) is 0 Å². The first-order valence-electron chi connectivity index (χ1n) is 10.3. The molecule has 3 rings (SSSR count). The highest BCUT2D eigenvalue weighted by Gasteiger charge is 2.09. The maximum atomic E-state index is 14.3. The van der Waals surface area contributed by atoms with Crippen molar-refractivity contribution in [1.82, 2.24) is 0 Å². The molecule has 0 aliphatic carbocycles. The Hall–Kier alpha value is -3.01. The smallest absolute Gasteiger partial charge is 0.142 e. The van der Waals surface area contributed by atoms with Crippen LogP contribution in [-0.2, 0) is 6.42 Å². The van der Waals surface area contributed by atoms with E-state index in [0.717, 1.165) is 30.4 Å². The van der Waals surface area contributed by atoms with Crippen molar-refractivity contribution in [3.8, 4) is 23.7 Å². The van der Waals surface area contributed by atoms with Crippen LogP contribution in [0.5, 0.6) is 0 Å². The van der Waals surface area contributed by atoms with Gasteiger partial charge < -0.3 is 0 Å². The van der Waals surface area contributed by atoms with Crippen LogP contribution >= 0.6 is 11.8 Å². The molecule has 0 spiro atoms. The SMILES string of the molecule is CCCCCc1cc(F)c(C#Cc2ccc(C#Cc3ccc(SC)cc3)cc2)c(F)c1. The molecule has 0 unspecified atom stereocenters. The zero-order valence-corrected chi connectivity index (χ0v) is 18.6. The lowest BCUT2D eigenvalue weighted by molar-refractivity contribution is 0.572. The standard InChI is InChI=1S/C28H24F2S/c1-3-4-5-6-24-19-27(29)26(28(30)20-24)18-15-22-10-7-21(8-11-22)9-12-23-13-16-25(31-2)17-14-23/h7-8,10-11,13-14,16-17,19-20H,3-6H2,1-2H3. The van der Waals surface area contributed by atoms with Crippen LogP contribution in [0.1, 0.15) is 54.0 Å². The highest BCUT2D eigenvalue weighted by molar-refractivity contribution is 7.98. The number of unbranched alkanes of at least 4 members (excludes halogenated alkanes) is 2. The van der Waals surface area contributed by atoms with Crippen molar-refractivity contribution in [2.75, 3.05) is 6.26 Å². The summed E-state index contributed by atoms with van der Waals surface area (Å²) in [6.45, 7) is 2.10. The maximum Gasteiger partial charge on any atom is 0.142 e. The molecule has 0 atom stereocenters. The molecule has 0 bridgehead atoms. The number of benzene rings is 3. The minimum Gasteiger partial charge on any atom is -0.206 e. The Morgan fingerprint density at radius 1 is 0.710 bits per heavy atom. The minimum absolute atomic E-state index is 0.184. The average molecular weight is 431 g/mol. The van der Waals surface area contributed by atoms with E-state index in [4.69, 9.17) is 0 Å². The first-order chi connectivity index (χ1) is 15.1. The summed E-state index contributed by atoms with van der Waals surface area (Å²) in [5, 5.41) is 0. The lowest BCUT2D eigenvalue weighted by Crippen LogP contribution is -1.95. The number of aryl methyl sites for hydroxylation is 1. The molecular formula is C28H24F2S. The lowest BCUT2D eigenvalue weighted by Gasteiger charge is -2.04. The van der Waals surface area contributed by atoms with Gasteiger partial charge in [-0.2, -0.15) is 0 Å². The fourth-order valence-electron chi connectivity index (χ4n) is 3.06. The molecule has 31 heavy (non-hydrogen) atoms. The molecule has 0 heterocycles. The Morgan fingerprint density at radius 3 is 1.68 bits per heavy atom. The van der Waals surface area contributed by atoms with Gasteiger partial charge >= 0.3 is 0 Å². The molecule has 0 aliphatic rings. The number of hydrogen-bond acceptors (Lipinski definition) is 1. The zero-order chi connectivity index (χ0) is 22.1. The van der Waals surface area contributed by atoms with Crippen molar-refractivity contribution in [3.05, 3.63) is 100 Å². The van der Waals surface area contributed by atoms with Crippen LogP contribution < -0.4 is 0 Å². The summed E-state index contributed by atoms with van der Waals surface area (Å²) in [5.74, 6) is 10.5. The van der Waals surface area contributed by atoms with Gasteiger partial charge in [-0.1, -0.05) is 43.4 Å². The van der Waals surface area contributed by atoms with Crippen LogP contribution in [0.2, 0.25) is 0 Å². The van der Waals surface area contributed by atoms with E-state index in [9.17, 15) is 8.78 Å². The van der Waals surface area contributed by atoms with Gasteiger partial charge in [0.1, 0.15) is 11.6 Å². The molecule has 0 radical (unpaired) electrons. The van der Waals surface area contributed by atoms with Gasteiger partial charge in [-0.05, 0) is 85.3 Å². The summed E-state index contributed by atoms with van der Waals surface area (Å²) >= 11 is 1.69. The summed E-state index contributed by atoms with van der Waals surface area (Å²) < 4.78 is 28.7. The molecule has 0 fully saturated rings. The molecular weight excluding hydrogens is 406 g/mol. The monoisotopic (exact) mass is 430 g/mol. The molecule has 0 N–H and O–H groups in total. The number of hydrogen-bond donors (Lipinski definition) is 0. The first-order valence-corrected chi connectivity index (χ1v) is 11.6. The summed E-state index contributed by atoms with van der Waals surface area (Å²) in [5.41, 5.74) is 2.98. The van der Waals surface area contributed by atoms with E-state index < -0.39 is 11.6 Å².